The predicted octanol–water partition coefficient (Wildman–Crippen LogP) is 2.39. The molecule has 1 aromatic heterocycles. The highest BCUT2D eigenvalue weighted by molar-refractivity contribution is 7.09. The zero-order chi connectivity index (χ0) is 16.9. The molecule has 7 heteroatoms. The van der Waals surface area contributed by atoms with Crippen molar-refractivity contribution in [2.75, 3.05) is 33.4 Å². The number of carbonyl (C=O) groups excluding carboxylic acids is 1. The molecule has 0 unspecified atom stereocenters. The van der Waals surface area contributed by atoms with Gasteiger partial charge in [0.05, 0.1) is 32.0 Å². The van der Waals surface area contributed by atoms with Crippen LogP contribution in [0.2, 0.25) is 0 Å². The number of ether oxygens (including phenoxy) is 1. The van der Waals surface area contributed by atoms with E-state index in [-0.39, 0.29) is 11.7 Å². The largest absolute Gasteiger partial charge is 0.379 e. The van der Waals surface area contributed by atoms with Crippen molar-refractivity contribution in [2.24, 2.45) is 0 Å². The molecule has 0 bridgehead atoms. The summed E-state index contributed by atoms with van der Waals surface area (Å²) in [7, 11) is 1.73. The van der Waals surface area contributed by atoms with Gasteiger partial charge in [0.1, 0.15) is 10.8 Å². The van der Waals surface area contributed by atoms with Crippen LogP contribution in [-0.2, 0) is 17.8 Å². The van der Waals surface area contributed by atoms with Gasteiger partial charge in [0.2, 0.25) is 0 Å². The fraction of sp³-hybridized carbons (Fsp3) is 0.412. The minimum Gasteiger partial charge on any atom is -0.379 e. The van der Waals surface area contributed by atoms with Crippen LogP contribution < -0.4 is 0 Å². The first-order chi connectivity index (χ1) is 11.6. The molecule has 1 aliphatic heterocycles. The SMILES string of the molecule is CN(Cc1csc(CN2CCOCC2)n1)C(=O)c1ccc(F)cc1. The van der Waals surface area contributed by atoms with Gasteiger partial charge in [-0.2, -0.15) is 0 Å². The summed E-state index contributed by atoms with van der Waals surface area (Å²) in [4.78, 5) is 20.9. The number of halogens is 1. The molecule has 0 N–H and O–H groups in total. The Bertz CT molecular complexity index is 683. The zero-order valence-corrected chi connectivity index (χ0v) is 14.4. The van der Waals surface area contributed by atoms with E-state index in [9.17, 15) is 9.18 Å². The summed E-state index contributed by atoms with van der Waals surface area (Å²) in [5.41, 5.74) is 1.35. The third-order valence-corrected chi connectivity index (χ3v) is 4.78. The van der Waals surface area contributed by atoms with E-state index in [2.05, 4.69) is 9.88 Å². The monoisotopic (exact) mass is 349 g/mol. The maximum atomic E-state index is 12.9. The summed E-state index contributed by atoms with van der Waals surface area (Å²) in [5, 5.41) is 3.04. The van der Waals surface area contributed by atoms with Crippen LogP contribution in [0.25, 0.3) is 0 Å². The zero-order valence-electron chi connectivity index (χ0n) is 13.6. The smallest absolute Gasteiger partial charge is 0.253 e. The van der Waals surface area contributed by atoms with E-state index in [1.165, 1.54) is 24.3 Å². The Hall–Kier alpha value is -1.83. The first kappa shape index (κ1) is 17.0. The van der Waals surface area contributed by atoms with Gasteiger partial charge in [-0.05, 0) is 24.3 Å². The van der Waals surface area contributed by atoms with Crippen LogP contribution in [-0.4, -0.2) is 54.0 Å². The number of carbonyl (C=O) groups is 1. The minimum absolute atomic E-state index is 0.141. The van der Waals surface area contributed by atoms with Gasteiger partial charge in [0, 0.05) is 31.1 Å². The number of benzene rings is 1. The predicted molar refractivity (Wildman–Crippen MR) is 90.4 cm³/mol. The van der Waals surface area contributed by atoms with Gasteiger partial charge in [0.25, 0.3) is 5.91 Å². The van der Waals surface area contributed by atoms with Crippen LogP contribution in [0.1, 0.15) is 21.1 Å². The van der Waals surface area contributed by atoms with Crippen molar-refractivity contribution in [3.05, 3.63) is 51.7 Å². The molecule has 0 atom stereocenters. The second kappa shape index (κ2) is 7.83. The lowest BCUT2D eigenvalue weighted by molar-refractivity contribution is 0.0341. The normalized spacial score (nSPS) is 15.4. The van der Waals surface area contributed by atoms with Crippen molar-refractivity contribution in [3.8, 4) is 0 Å². The molecule has 1 amide bonds. The third-order valence-electron chi connectivity index (χ3n) is 3.90. The van der Waals surface area contributed by atoms with E-state index in [1.807, 2.05) is 5.38 Å². The van der Waals surface area contributed by atoms with Crippen LogP contribution in [0.3, 0.4) is 0 Å². The number of hydrogen-bond acceptors (Lipinski definition) is 5. The maximum Gasteiger partial charge on any atom is 0.253 e. The molecular formula is C17H20FN3O2S. The molecule has 0 saturated carbocycles. The molecule has 0 radical (unpaired) electrons. The van der Waals surface area contributed by atoms with Gasteiger partial charge in [-0.3, -0.25) is 9.69 Å². The summed E-state index contributed by atoms with van der Waals surface area (Å²) in [6.45, 7) is 4.66. The summed E-state index contributed by atoms with van der Waals surface area (Å²) >= 11 is 1.61. The van der Waals surface area contributed by atoms with Gasteiger partial charge >= 0.3 is 0 Å². The third kappa shape index (κ3) is 4.37. The maximum absolute atomic E-state index is 12.9. The topological polar surface area (TPSA) is 45.7 Å². The molecule has 24 heavy (non-hydrogen) atoms. The summed E-state index contributed by atoms with van der Waals surface area (Å²) in [6.07, 6.45) is 0. The van der Waals surface area contributed by atoms with E-state index in [0.29, 0.717) is 12.1 Å². The lowest BCUT2D eigenvalue weighted by atomic mass is 10.2. The summed E-state index contributed by atoms with van der Waals surface area (Å²) in [5.74, 6) is -0.487. The number of hydrogen-bond donors (Lipinski definition) is 0. The van der Waals surface area contributed by atoms with E-state index in [1.54, 1.807) is 23.3 Å². The van der Waals surface area contributed by atoms with E-state index in [0.717, 1.165) is 43.5 Å². The number of amides is 1. The highest BCUT2D eigenvalue weighted by Crippen LogP contribution is 2.15. The Balaban J connectivity index is 1.57. The quantitative estimate of drug-likeness (QED) is 0.831. The molecule has 5 nitrogen and oxygen atoms in total. The second-order valence-electron chi connectivity index (χ2n) is 5.79. The van der Waals surface area contributed by atoms with Crippen molar-refractivity contribution in [3.63, 3.8) is 0 Å². The number of nitrogens with zero attached hydrogens (tertiary/aromatic N) is 3. The number of thiazole rings is 1. The Morgan fingerprint density at radius 2 is 2.04 bits per heavy atom. The van der Waals surface area contributed by atoms with Crippen molar-refractivity contribution < 1.29 is 13.9 Å². The molecule has 2 aromatic rings. The number of morpholine rings is 1. The lowest BCUT2D eigenvalue weighted by Crippen LogP contribution is -2.35. The minimum atomic E-state index is -0.346. The molecule has 0 aliphatic carbocycles. The molecule has 1 saturated heterocycles. The Labute approximate surface area is 144 Å². The van der Waals surface area contributed by atoms with Gasteiger partial charge in [-0.1, -0.05) is 0 Å². The number of rotatable bonds is 5. The van der Waals surface area contributed by atoms with Gasteiger partial charge < -0.3 is 9.64 Å². The van der Waals surface area contributed by atoms with Crippen LogP contribution in [0.5, 0.6) is 0 Å². The lowest BCUT2D eigenvalue weighted by Gasteiger charge is -2.25. The van der Waals surface area contributed by atoms with Crippen molar-refractivity contribution in [1.82, 2.24) is 14.8 Å². The molecule has 128 valence electrons. The molecule has 2 heterocycles. The highest BCUT2D eigenvalue weighted by atomic mass is 32.1. The van der Waals surface area contributed by atoms with Crippen LogP contribution in [0.4, 0.5) is 4.39 Å². The average molecular weight is 349 g/mol. The van der Waals surface area contributed by atoms with Crippen molar-refractivity contribution >= 4 is 17.2 Å². The average Bonchev–Trinajstić information content (AvgIpc) is 3.02. The molecule has 0 spiro atoms. The summed E-state index contributed by atoms with van der Waals surface area (Å²) < 4.78 is 18.3. The fourth-order valence-corrected chi connectivity index (χ4v) is 3.40. The van der Waals surface area contributed by atoms with E-state index >= 15 is 0 Å². The van der Waals surface area contributed by atoms with E-state index < -0.39 is 0 Å². The first-order valence-corrected chi connectivity index (χ1v) is 8.74. The second-order valence-corrected chi connectivity index (χ2v) is 6.73. The summed E-state index contributed by atoms with van der Waals surface area (Å²) in [6, 6.07) is 5.59. The van der Waals surface area contributed by atoms with Crippen LogP contribution in [0.15, 0.2) is 29.6 Å². The van der Waals surface area contributed by atoms with Gasteiger partial charge in [-0.25, -0.2) is 9.37 Å². The van der Waals surface area contributed by atoms with Crippen molar-refractivity contribution in [2.45, 2.75) is 13.1 Å². The highest BCUT2D eigenvalue weighted by Gasteiger charge is 2.16. The molecule has 3 rings (SSSR count). The Kier molecular flexibility index (Phi) is 5.55. The first-order valence-electron chi connectivity index (χ1n) is 7.86. The van der Waals surface area contributed by atoms with Crippen LogP contribution in [0, 0.1) is 5.82 Å². The molecule has 1 aliphatic rings. The molecule has 1 fully saturated rings. The number of aromatic nitrogens is 1. The Morgan fingerprint density at radius 1 is 1.33 bits per heavy atom. The molecular weight excluding hydrogens is 329 g/mol. The Morgan fingerprint density at radius 3 is 2.75 bits per heavy atom. The van der Waals surface area contributed by atoms with Gasteiger partial charge in [-0.15, -0.1) is 11.3 Å². The standard InChI is InChI=1S/C17H20FN3O2S/c1-20(17(22)13-2-4-14(18)5-3-13)10-15-12-24-16(19-15)11-21-6-8-23-9-7-21/h2-5,12H,6-11H2,1H3. The molecule has 1 aromatic carbocycles. The van der Waals surface area contributed by atoms with E-state index in [4.69, 9.17) is 4.74 Å². The van der Waals surface area contributed by atoms with Crippen LogP contribution >= 0.6 is 11.3 Å². The van der Waals surface area contributed by atoms with Crippen molar-refractivity contribution in [1.29, 1.82) is 0 Å². The fourth-order valence-electron chi connectivity index (χ4n) is 2.57. The van der Waals surface area contributed by atoms with Gasteiger partial charge in [0.15, 0.2) is 0 Å².